The fourth-order valence-corrected chi connectivity index (χ4v) is 1.90. The third kappa shape index (κ3) is 4.47. The third-order valence-electron chi connectivity index (χ3n) is 2.97. The first kappa shape index (κ1) is 14.2. The summed E-state index contributed by atoms with van der Waals surface area (Å²) in [7, 11) is 0. The van der Waals surface area contributed by atoms with Gasteiger partial charge >= 0.3 is 0 Å². The van der Waals surface area contributed by atoms with Crippen molar-refractivity contribution in [1.82, 2.24) is 20.3 Å². The molecule has 0 fully saturated rings. The van der Waals surface area contributed by atoms with Gasteiger partial charge in [0.1, 0.15) is 0 Å². The Morgan fingerprint density at radius 2 is 2.15 bits per heavy atom. The first-order chi connectivity index (χ1) is 9.75. The molecule has 0 aliphatic rings. The molecular weight excluding hydrogens is 254 g/mol. The van der Waals surface area contributed by atoms with Crippen LogP contribution in [0.1, 0.15) is 12.0 Å². The van der Waals surface area contributed by atoms with Crippen molar-refractivity contribution in [3.05, 3.63) is 48.3 Å². The topological polar surface area (TPSA) is 85.8 Å². The van der Waals surface area contributed by atoms with Crippen molar-refractivity contribution < 1.29 is 4.79 Å². The Hall–Kier alpha value is -2.21. The van der Waals surface area contributed by atoms with Gasteiger partial charge in [-0.1, -0.05) is 35.5 Å². The SMILES string of the molecule is NC(Cc1ccccc1)C(=O)NCCCn1ccnn1. The normalized spacial score (nSPS) is 12.1. The number of amides is 1. The van der Waals surface area contributed by atoms with Gasteiger partial charge in [-0.2, -0.15) is 0 Å². The van der Waals surface area contributed by atoms with Crippen LogP contribution >= 0.6 is 0 Å². The maximum Gasteiger partial charge on any atom is 0.237 e. The Balaban J connectivity index is 1.66. The van der Waals surface area contributed by atoms with Gasteiger partial charge in [-0.05, 0) is 18.4 Å². The number of carbonyl (C=O) groups is 1. The summed E-state index contributed by atoms with van der Waals surface area (Å²) in [6.07, 6.45) is 4.78. The van der Waals surface area contributed by atoms with Crippen molar-refractivity contribution in [2.75, 3.05) is 6.54 Å². The fourth-order valence-electron chi connectivity index (χ4n) is 1.90. The summed E-state index contributed by atoms with van der Waals surface area (Å²) >= 11 is 0. The molecule has 0 aliphatic heterocycles. The molecule has 0 saturated carbocycles. The van der Waals surface area contributed by atoms with Gasteiger partial charge in [-0.15, -0.1) is 5.10 Å². The Kier molecular flexibility index (Phi) is 5.25. The summed E-state index contributed by atoms with van der Waals surface area (Å²) in [5.74, 6) is -0.118. The molecule has 20 heavy (non-hydrogen) atoms. The maximum atomic E-state index is 11.8. The molecule has 0 spiro atoms. The molecule has 6 heteroatoms. The predicted octanol–water partition coefficient (Wildman–Crippen LogP) is 0.354. The van der Waals surface area contributed by atoms with Crippen molar-refractivity contribution in [2.45, 2.75) is 25.4 Å². The number of aryl methyl sites for hydroxylation is 1. The zero-order valence-corrected chi connectivity index (χ0v) is 11.3. The molecule has 0 saturated heterocycles. The molecular formula is C14H19N5O. The average molecular weight is 273 g/mol. The van der Waals surface area contributed by atoms with Crippen molar-refractivity contribution in [1.29, 1.82) is 0 Å². The minimum absolute atomic E-state index is 0.118. The summed E-state index contributed by atoms with van der Waals surface area (Å²) in [4.78, 5) is 11.8. The molecule has 1 amide bonds. The highest BCUT2D eigenvalue weighted by Gasteiger charge is 2.13. The van der Waals surface area contributed by atoms with E-state index in [1.165, 1.54) is 0 Å². The lowest BCUT2D eigenvalue weighted by molar-refractivity contribution is -0.122. The van der Waals surface area contributed by atoms with E-state index in [0.717, 1.165) is 18.5 Å². The second kappa shape index (κ2) is 7.40. The van der Waals surface area contributed by atoms with Crippen LogP contribution in [0.4, 0.5) is 0 Å². The van der Waals surface area contributed by atoms with Crippen LogP contribution in [0, 0.1) is 0 Å². The number of hydrogen-bond acceptors (Lipinski definition) is 4. The lowest BCUT2D eigenvalue weighted by Gasteiger charge is -2.12. The Morgan fingerprint density at radius 1 is 1.35 bits per heavy atom. The molecule has 1 aromatic carbocycles. The van der Waals surface area contributed by atoms with Crippen molar-refractivity contribution >= 4 is 5.91 Å². The van der Waals surface area contributed by atoms with Crippen LogP contribution in [0.15, 0.2) is 42.7 Å². The van der Waals surface area contributed by atoms with E-state index in [-0.39, 0.29) is 5.91 Å². The monoisotopic (exact) mass is 273 g/mol. The quantitative estimate of drug-likeness (QED) is 0.713. The Morgan fingerprint density at radius 3 is 2.85 bits per heavy atom. The molecule has 0 radical (unpaired) electrons. The minimum Gasteiger partial charge on any atom is -0.355 e. The van der Waals surface area contributed by atoms with Crippen molar-refractivity contribution in [3.8, 4) is 0 Å². The molecule has 3 N–H and O–H groups in total. The molecule has 1 heterocycles. The van der Waals surface area contributed by atoms with Gasteiger partial charge in [0.15, 0.2) is 0 Å². The molecule has 2 rings (SSSR count). The molecule has 1 atom stereocenters. The lowest BCUT2D eigenvalue weighted by atomic mass is 10.1. The number of aromatic nitrogens is 3. The van der Waals surface area contributed by atoms with Gasteiger partial charge in [0.2, 0.25) is 5.91 Å². The third-order valence-corrected chi connectivity index (χ3v) is 2.97. The molecule has 0 aliphatic carbocycles. The standard InChI is InChI=1S/C14H19N5O/c15-13(11-12-5-2-1-3-6-12)14(20)16-7-4-9-19-10-8-17-18-19/h1-3,5-6,8,10,13H,4,7,9,11,15H2,(H,16,20). The molecule has 6 nitrogen and oxygen atoms in total. The van der Waals surface area contributed by atoms with Gasteiger partial charge in [0.25, 0.3) is 0 Å². The van der Waals surface area contributed by atoms with E-state index in [0.29, 0.717) is 13.0 Å². The Labute approximate surface area is 118 Å². The van der Waals surface area contributed by atoms with Gasteiger partial charge in [-0.25, -0.2) is 0 Å². The highest BCUT2D eigenvalue weighted by molar-refractivity contribution is 5.81. The van der Waals surface area contributed by atoms with Crippen LogP contribution < -0.4 is 11.1 Å². The minimum atomic E-state index is -0.510. The van der Waals surface area contributed by atoms with Gasteiger partial charge < -0.3 is 11.1 Å². The van der Waals surface area contributed by atoms with Crippen molar-refractivity contribution in [2.24, 2.45) is 5.73 Å². The highest BCUT2D eigenvalue weighted by atomic mass is 16.2. The van der Waals surface area contributed by atoms with Crippen LogP contribution in [0.25, 0.3) is 0 Å². The molecule has 2 aromatic rings. The smallest absolute Gasteiger partial charge is 0.237 e. The number of rotatable bonds is 7. The average Bonchev–Trinajstić information content (AvgIpc) is 2.97. The first-order valence-electron chi connectivity index (χ1n) is 6.67. The second-order valence-corrected chi connectivity index (χ2v) is 4.61. The summed E-state index contributed by atoms with van der Waals surface area (Å²) in [6.45, 7) is 1.31. The van der Waals surface area contributed by atoms with Gasteiger partial charge in [0, 0.05) is 19.3 Å². The van der Waals surface area contributed by atoms with E-state index >= 15 is 0 Å². The van der Waals surface area contributed by atoms with E-state index in [1.54, 1.807) is 17.1 Å². The number of carbonyl (C=O) groups excluding carboxylic acids is 1. The largest absolute Gasteiger partial charge is 0.355 e. The number of nitrogens with one attached hydrogen (secondary N) is 1. The first-order valence-corrected chi connectivity index (χ1v) is 6.67. The van der Waals surface area contributed by atoms with Crippen LogP contribution in [0.2, 0.25) is 0 Å². The van der Waals surface area contributed by atoms with Crippen LogP contribution in [-0.4, -0.2) is 33.5 Å². The molecule has 1 unspecified atom stereocenters. The molecule has 106 valence electrons. The molecule has 0 bridgehead atoms. The van der Waals surface area contributed by atoms with E-state index in [2.05, 4.69) is 15.6 Å². The highest BCUT2D eigenvalue weighted by Crippen LogP contribution is 2.01. The van der Waals surface area contributed by atoms with Crippen LogP contribution in [-0.2, 0) is 17.8 Å². The van der Waals surface area contributed by atoms with E-state index in [4.69, 9.17) is 5.73 Å². The number of benzene rings is 1. The second-order valence-electron chi connectivity index (χ2n) is 4.61. The summed E-state index contributed by atoms with van der Waals surface area (Å²) in [5, 5.41) is 10.4. The zero-order valence-electron chi connectivity index (χ0n) is 11.3. The number of hydrogen-bond donors (Lipinski definition) is 2. The van der Waals surface area contributed by atoms with Crippen molar-refractivity contribution in [3.63, 3.8) is 0 Å². The Bertz CT molecular complexity index is 512. The summed E-state index contributed by atoms with van der Waals surface area (Å²) in [5.41, 5.74) is 6.95. The summed E-state index contributed by atoms with van der Waals surface area (Å²) < 4.78 is 1.73. The zero-order chi connectivity index (χ0) is 14.2. The lowest BCUT2D eigenvalue weighted by Crippen LogP contribution is -2.42. The van der Waals surface area contributed by atoms with E-state index in [1.807, 2.05) is 30.3 Å². The fraction of sp³-hybridized carbons (Fsp3) is 0.357. The molecule has 1 aromatic heterocycles. The van der Waals surface area contributed by atoms with E-state index in [9.17, 15) is 4.79 Å². The maximum absolute atomic E-state index is 11.8. The number of nitrogens with two attached hydrogens (primary N) is 1. The summed E-state index contributed by atoms with van der Waals surface area (Å²) in [6, 6.07) is 9.26. The van der Waals surface area contributed by atoms with Crippen LogP contribution in [0.5, 0.6) is 0 Å². The number of nitrogens with zero attached hydrogens (tertiary/aromatic N) is 3. The predicted molar refractivity (Wildman–Crippen MR) is 75.8 cm³/mol. The van der Waals surface area contributed by atoms with Gasteiger partial charge in [0.05, 0.1) is 12.2 Å². The van der Waals surface area contributed by atoms with Gasteiger partial charge in [-0.3, -0.25) is 9.48 Å². The van der Waals surface area contributed by atoms with E-state index < -0.39 is 6.04 Å². The van der Waals surface area contributed by atoms with Crippen LogP contribution in [0.3, 0.4) is 0 Å².